The number of para-hydroxylation sites is 1. The molecule has 0 amide bonds. The molecular weight excluding hydrogens is 380 g/mol. The number of rotatable bonds is 3. The van der Waals surface area contributed by atoms with Gasteiger partial charge in [0.05, 0.1) is 18.3 Å². The highest BCUT2D eigenvalue weighted by Gasteiger charge is 2.34. The molecule has 5 rings (SSSR count). The number of aromatic nitrogens is 3. The molecule has 1 aliphatic rings. The van der Waals surface area contributed by atoms with E-state index in [0.29, 0.717) is 0 Å². The van der Waals surface area contributed by atoms with Gasteiger partial charge in [-0.15, -0.1) is 0 Å². The fraction of sp³-hybridized carbons (Fsp3) is 0.217. The molecule has 152 valence electrons. The van der Waals surface area contributed by atoms with E-state index in [-0.39, 0.29) is 11.4 Å². The van der Waals surface area contributed by atoms with Crippen LogP contribution in [0, 0.1) is 0 Å². The van der Waals surface area contributed by atoms with E-state index in [1.807, 2.05) is 60.8 Å². The lowest BCUT2D eigenvalue weighted by atomic mass is 9.95. The lowest BCUT2D eigenvalue weighted by Crippen LogP contribution is -2.87. The van der Waals surface area contributed by atoms with Crippen LogP contribution in [0.4, 0.5) is 0 Å². The predicted molar refractivity (Wildman–Crippen MR) is 114 cm³/mol. The second-order valence-corrected chi connectivity index (χ2v) is 7.77. The predicted octanol–water partition coefficient (Wildman–Crippen LogP) is 1.54. The minimum Gasteiger partial charge on any atom is -0.494 e. The summed E-state index contributed by atoms with van der Waals surface area (Å²) < 4.78 is 1.26. The fourth-order valence-electron chi connectivity index (χ4n) is 4.60. The molecule has 2 atom stereocenters. The van der Waals surface area contributed by atoms with E-state index in [2.05, 4.69) is 16.0 Å². The van der Waals surface area contributed by atoms with Gasteiger partial charge in [-0.2, -0.15) is 0 Å². The first-order chi connectivity index (χ1) is 14.6. The smallest absolute Gasteiger partial charge is 0.331 e. The van der Waals surface area contributed by atoms with Crippen LogP contribution in [0.3, 0.4) is 0 Å². The topological polar surface area (TPSA) is 107 Å². The normalized spacial score (nSPS) is 17.0. The molecule has 0 saturated heterocycles. The van der Waals surface area contributed by atoms with Crippen LogP contribution in [-0.2, 0) is 6.42 Å². The molecule has 7 nitrogen and oxygen atoms in total. The monoisotopic (exact) mass is 403 g/mol. The zero-order chi connectivity index (χ0) is 20.8. The molecule has 0 radical (unpaired) electrons. The Balaban J connectivity index is 1.70. The van der Waals surface area contributed by atoms with Crippen molar-refractivity contribution in [3.8, 4) is 5.88 Å². The second-order valence-electron chi connectivity index (χ2n) is 7.77. The van der Waals surface area contributed by atoms with E-state index in [4.69, 9.17) is 0 Å². The lowest BCUT2D eigenvalue weighted by molar-refractivity contribution is -0.690. The third-order valence-electron chi connectivity index (χ3n) is 6.09. The van der Waals surface area contributed by atoms with Gasteiger partial charge in [0.25, 0.3) is 5.56 Å². The van der Waals surface area contributed by atoms with Crippen LogP contribution in [0.15, 0.2) is 64.2 Å². The van der Waals surface area contributed by atoms with E-state index in [9.17, 15) is 14.7 Å². The molecule has 0 fully saturated rings. The summed E-state index contributed by atoms with van der Waals surface area (Å²) in [5.74, 6) is -0.284. The highest BCUT2D eigenvalue weighted by Crippen LogP contribution is 2.33. The van der Waals surface area contributed by atoms with Gasteiger partial charge in [0.1, 0.15) is 5.56 Å². The number of benzene rings is 2. The van der Waals surface area contributed by atoms with Crippen molar-refractivity contribution in [1.82, 2.24) is 14.5 Å². The Hall–Kier alpha value is -3.58. The Morgan fingerprint density at radius 1 is 1.07 bits per heavy atom. The number of hydrogen-bond acceptors (Lipinski definition) is 3. The van der Waals surface area contributed by atoms with E-state index < -0.39 is 23.3 Å². The fourth-order valence-corrected chi connectivity index (χ4v) is 4.60. The molecule has 0 unspecified atom stereocenters. The lowest BCUT2D eigenvalue weighted by Gasteiger charge is -2.24. The van der Waals surface area contributed by atoms with Gasteiger partial charge < -0.3 is 15.4 Å². The summed E-state index contributed by atoms with van der Waals surface area (Å²) in [6.45, 7) is 2.61. The largest absolute Gasteiger partial charge is 0.494 e. The maximum absolute atomic E-state index is 12.8. The average molecular weight is 403 g/mol. The molecular formula is C23H23N4O3+. The average Bonchev–Trinajstić information content (AvgIpc) is 3.13. The highest BCUT2D eigenvalue weighted by atomic mass is 16.3. The first-order valence-electron chi connectivity index (χ1n) is 10.1. The third-order valence-corrected chi connectivity index (χ3v) is 6.09. The van der Waals surface area contributed by atoms with Crippen molar-refractivity contribution in [2.45, 2.75) is 25.4 Å². The van der Waals surface area contributed by atoms with Gasteiger partial charge in [-0.25, -0.2) is 4.79 Å². The van der Waals surface area contributed by atoms with Crippen LogP contribution in [0.1, 0.15) is 41.4 Å². The summed E-state index contributed by atoms with van der Waals surface area (Å²) in [7, 11) is 0. The van der Waals surface area contributed by atoms with Crippen molar-refractivity contribution in [2.24, 2.45) is 0 Å². The summed E-state index contributed by atoms with van der Waals surface area (Å²) in [6.07, 6.45) is 0.870. The first-order valence-corrected chi connectivity index (χ1v) is 10.1. The Morgan fingerprint density at radius 3 is 2.60 bits per heavy atom. The molecule has 4 aromatic rings. The Kier molecular flexibility index (Phi) is 4.33. The zero-order valence-electron chi connectivity index (χ0n) is 16.6. The van der Waals surface area contributed by atoms with Crippen molar-refractivity contribution in [2.75, 3.05) is 6.54 Å². The van der Waals surface area contributed by atoms with Gasteiger partial charge in [-0.1, -0.05) is 48.5 Å². The molecule has 5 N–H and O–H groups in total. The minimum absolute atomic E-state index is 0.199. The van der Waals surface area contributed by atoms with Gasteiger partial charge in [0, 0.05) is 17.3 Å². The number of H-pyrrole nitrogens is 2. The summed E-state index contributed by atoms with van der Waals surface area (Å²) in [4.78, 5) is 31.3. The maximum Gasteiger partial charge on any atom is 0.331 e. The quantitative estimate of drug-likeness (QED) is 0.417. The van der Waals surface area contributed by atoms with Gasteiger partial charge in [0.2, 0.25) is 5.88 Å². The first kappa shape index (κ1) is 18.4. The summed E-state index contributed by atoms with van der Waals surface area (Å²) >= 11 is 0. The summed E-state index contributed by atoms with van der Waals surface area (Å²) in [5.41, 5.74) is 2.96. The Bertz CT molecular complexity index is 1350. The molecule has 2 aromatic carbocycles. The number of aromatic amines is 2. The Labute approximate surface area is 172 Å². The van der Waals surface area contributed by atoms with Crippen molar-refractivity contribution in [3.63, 3.8) is 0 Å². The number of quaternary nitrogens is 1. The van der Waals surface area contributed by atoms with Gasteiger partial charge >= 0.3 is 5.69 Å². The molecule has 0 spiro atoms. The standard InChI is InChI=1S/C23H22N4O3/c1-13(14-7-3-2-4-8-14)27-22(29)18(21(28)26-23(27)30)20-19-16(11-12-24-20)15-9-5-6-10-17(15)25-19/h2-10,13,20,24-25,29H,11-12H2,1H3,(H,26,28,30)/p+1/t13-,20-/m0/s1. The molecule has 1 aliphatic heterocycles. The Morgan fingerprint density at radius 2 is 1.80 bits per heavy atom. The molecule has 3 heterocycles. The van der Waals surface area contributed by atoms with E-state index >= 15 is 0 Å². The second kappa shape index (κ2) is 7.03. The van der Waals surface area contributed by atoms with Crippen LogP contribution < -0.4 is 16.6 Å². The molecule has 2 aromatic heterocycles. The zero-order valence-corrected chi connectivity index (χ0v) is 16.6. The number of nitrogens with one attached hydrogen (secondary N) is 2. The number of hydrogen-bond donors (Lipinski definition) is 4. The molecule has 30 heavy (non-hydrogen) atoms. The van der Waals surface area contributed by atoms with Crippen LogP contribution in [0.25, 0.3) is 10.9 Å². The minimum atomic E-state index is -0.620. The van der Waals surface area contributed by atoms with Crippen LogP contribution in [-0.4, -0.2) is 26.2 Å². The van der Waals surface area contributed by atoms with Crippen molar-refractivity contribution in [3.05, 3.63) is 97.8 Å². The number of aromatic hydroxyl groups is 1. The summed E-state index contributed by atoms with van der Waals surface area (Å²) in [6, 6.07) is 16.6. The molecule has 0 saturated carbocycles. The van der Waals surface area contributed by atoms with Gasteiger partial charge in [-0.05, 0) is 24.1 Å². The SMILES string of the molecule is C[C@@H](c1ccccc1)n1c(O)c([C@@H]2[NH2+]CCc3c2[nH]c2ccccc32)c(=O)[nH]c1=O. The van der Waals surface area contributed by atoms with Crippen molar-refractivity contribution >= 4 is 10.9 Å². The van der Waals surface area contributed by atoms with Crippen LogP contribution in [0.2, 0.25) is 0 Å². The molecule has 0 bridgehead atoms. The maximum atomic E-state index is 12.8. The van der Waals surface area contributed by atoms with Gasteiger partial charge in [0.15, 0.2) is 6.04 Å². The summed E-state index contributed by atoms with van der Waals surface area (Å²) in [5, 5.41) is 14.3. The van der Waals surface area contributed by atoms with Crippen molar-refractivity contribution in [1.29, 1.82) is 0 Å². The highest BCUT2D eigenvalue weighted by molar-refractivity contribution is 5.85. The van der Waals surface area contributed by atoms with Crippen LogP contribution >= 0.6 is 0 Å². The van der Waals surface area contributed by atoms with E-state index in [1.165, 1.54) is 4.57 Å². The third kappa shape index (κ3) is 2.78. The van der Waals surface area contributed by atoms with E-state index in [1.54, 1.807) is 0 Å². The number of nitrogens with zero attached hydrogens (tertiary/aromatic N) is 1. The van der Waals surface area contributed by atoms with Crippen molar-refractivity contribution < 1.29 is 10.4 Å². The van der Waals surface area contributed by atoms with Crippen LogP contribution in [0.5, 0.6) is 5.88 Å². The van der Waals surface area contributed by atoms with Gasteiger partial charge in [-0.3, -0.25) is 14.3 Å². The molecule has 7 heteroatoms. The molecule has 0 aliphatic carbocycles. The number of nitrogens with two attached hydrogens (primary N) is 1. The van der Waals surface area contributed by atoms with E-state index in [0.717, 1.165) is 40.7 Å². The number of fused-ring (bicyclic) bond motifs is 3.